The third-order valence-corrected chi connectivity index (χ3v) is 3.34. The Morgan fingerprint density at radius 2 is 1.96 bits per heavy atom. The second-order valence-corrected chi connectivity index (χ2v) is 5.09. The Labute approximate surface area is 142 Å². The Morgan fingerprint density at radius 1 is 1.21 bits per heavy atom. The predicted molar refractivity (Wildman–Crippen MR) is 88.5 cm³/mol. The molecule has 0 radical (unpaired) electrons. The average molecular weight is 349 g/mol. The summed E-state index contributed by atoms with van der Waals surface area (Å²) in [6.07, 6.45) is 0. The van der Waals surface area contributed by atoms with Gasteiger partial charge in [0.25, 0.3) is 11.6 Å². The van der Waals surface area contributed by atoms with Gasteiger partial charge in [0.15, 0.2) is 0 Å². The molecule has 0 bridgehead atoms. The van der Waals surface area contributed by atoms with Gasteiger partial charge >= 0.3 is 5.97 Å². The van der Waals surface area contributed by atoms with Gasteiger partial charge in [-0.25, -0.2) is 4.79 Å². The van der Waals surface area contributed by atoms with E-state index in [0.29, 0.717) is 11.3 Å². The fraction of sp³-hybridized carbons (Fsp3) is 0.125. The number of rotatable bonds is 5. The smallest absolute Gasteiger partial charge is 0.338 e. The summed E-state index contributed by atoms with van der Waals surface area (Å²) in [7, 11) is 0. The molecule has 0 aliphatic heterocycles. The number of esters is 1. The van der Waals surface area contributed by atoms with Gasteiger partial charge in [-0.15, -0.1) is 0 Å². The second-order valence-electron chi connectivity index (χ2n) is 4.68. The number of nitro benzene ring substituents is 1. The first-order valence-electron chi connectivity index (χ1n) is 6.95. The van der Waals surface area contributed by atoms with Crippen LogP contribution < -0.4 is 5.32 Å². The van der Waals surface area contributed by atoms with Crippen LogP contribution in [0.3, 0.4) is 0 Å². The van der Waals surface area contributed by atoms with E-state index in [4.69, 9.17) is 16.3 Å². The first kappa shape index (κ1) is 17.4. The van der Waals surface area contributed by atoms with E-state index in [2.05, 4.69) is 5.32 Å². The standard InChI is InChI=1S/C16H13ClN2O5/c1-2-24-16(21)11-4-3-5-12(8-11)18-15(20)10-6-7-14(19(22)23)13(17)9-10/h3-9H,2H2,1H3,(H,18,20). The molecule has 2 aromatic carbocycles. The highest BCUT2D eigenvalue weighted by Gasteiger charge is 2.16. The van der Waals surface area contributed by atoms with Gasteiger partial charge in [0.2, 0.25) is 0 Å². The molecule has 0 unspecified atom stereocenters. The Hall–Kier alpha value is -2.93. The summed E-state index contributed by atoms with van der Waals surface area (Å²) in [5.74, 6) is -1.00. The Kier molecular flexibility index (Phi) is 5.49. The molecular weight excluding hydrogens is 336 g/mol. The van der Waals surface area contributed by atoms with Crippen molar-refractivity contribution < 1.29 is 19.2 Å². The van der Waals surface area contributed by atoms with E-state index in [9.17, 15) is 19.7 Å². The molecular formula is C16H13ClN2O5. The Bertz CT molecular complexity index is 807. The minimum Gasteiger partial charge on any atom is -0.462 e. The van der Waals surface area contributed by atoms with E-state index in [1.807, 2.05) is 0 Å². The molecule has 24 heavy (non-hydrogen) atoms. The lowest BCUT2D eigenvalue weighted by Gasteiger charge is -2.08. The van der Waals surface area contributed by atoms with Crippen molar-refractivity contribution in [3.05, 3.63) is 68.7 Å². The van der Waals surface area contributed by atoms with Crippen molar-refractivity contribution in [2.45, 2.75) is 6.92 Å². The maximum Gasteiger partial charge on any atom is 0.338 e. The number of halogens is 1. The molecule has 0 aliphatic rings. The van der Waals surface area contributed by atoms with Crippen LogP contribution in [0.15, 0.2) is 42.5 Å². The van der Waals surface area contributed by atoms with Gasteiger partial charge in [0.1, 0.15) is 5.02 Å². The number of hydrogen-bond donors (Lipinski definition) is 1. The number of nitro groups is 1. The summed E-state index contributed by atoms with van der Waals surface area (Å²) in [5, 5.41) is 13.2. The third kappa shape index (κ3) is 4.08. The van der Waals surface area contributed by atoms with Gasteiger partial charge in [-0.1, -0.05) is 17.7 Å². The van der Waals surface area contributed by atoms with Crippen LogP contribution >= 0.6 is 11.6 Å². The first-order valence-corrected chi connectivity index (χ1v) is 7.32. The molecule has 0 aliphatic carbocycles. The third-order valence-electron chi connectivity index (χ3n) is 3.04. The Balaban J connectivity index is 2.18. The summed E-state index contributed by atoms with van der Waals surface area (Å²) in [4.78, 5) is 34.0. The van der Waals surface area contributed by atoms with Crippen molar-refractivity contribution in [3.8, 4) is 0 Å². The molecule has 0 saturated heterocycles. The quantitative estimate of drug-likeness (QED) is 0.505. The summed E-state index contributed by atoms with van der Waals surface area (Å²) >= 11 is 5.79. The number of hydrogen-bond acceptors (Lipinski definition) is 5. The van der Waals surface area contributed by atoms with Gasteiger partial charge in [-0.3, -0.25) is 14.9 Å². The van der Waals surface area contributed by atoms with Crippen molar-refractivity contribution in [1.29, 1.82) is 0 Å². The summed E-state index contributed by atoms with van der Waals surface area (Å²) in [5.41, 5.74) is 0.570. The zero-order valence-corrected chi connectivity index (χ0v) is 13.4. The highest BCUT2D eigenvalue weighted by atomic mass is 35.5. The van der Waals surface area contributed by atoms with Crippen LogP contribution in [0.4, 0.5) is 11.4 Å². The molecule has 0 spiro atoms. The minimum atomic E-state index is -0.632. The zero-order chi connectivity index (χ0) is 17.7. The number of amides is 1. The number of benzene rings is 2. The normalized spacial score (nSPS) is 10.1. The maximum atomic E-state index is 12.2. The predicted octanol–water partition coefficient (Wildman–Crippen LogP) is 3.68. The second kappa shape index (κ2) is 7.56. The SMILES string of the molecule is CCOC(=O)c1cccc(NC(=O)c2ccc([N+](=O)[O-])c(Cl)c2)c1. The van der Waals surface area contributed by atoms with E-state index in [0.717, 1.165) is 6.07 Å². The zero-order valence-electron chi connectivity index (χ0n) is 12.6. The molecule has 7 nitrogen and oxygen atoms in total. The van der Waals surface area contributed by atoms with Gasteiger partial charge < -0.3 is 10.1 Å². The minimum absolute atomic E-state index is 0.132. The van der Waals surface area contributed by atoms with Gasteiger partial charge in [-0.05, 0) is 37.3 Å². The van der Waals surface area contributed by atoms with E-state index < -0.39 is 16.8 Å². The number of anilines is 1. The van der Waals surface area contributed by atoms with Crippen LogP contribution in [0, 0.1) is 10.1 Å². The molecule has 1 N–H and O–H groups in total. The molecule has 0 saturated carbocycles. The number of carbonyl (C=O) groups excluding carboxylic acids is 2. The molecule has 124 valence electrons. The number of nitrogens with zero attached hydrogens (tertiary/aromatic N) is 1. The van der Waals surface area contributed by atoms with Crippen LogP contribution in [0.25, 0.3) is 0 Å². The summed E-state index contributed by atoms with van der Waals surface area (Å²) in [6.45, 7) is 1.94. The van der Waals surface area contributed by atoms with E-state index in [1.54, 1.807) is 25.1 Å². The van der Waals surface area contributed by atoms with Crippen LogP contribution in [-0.4, -0.2) is 23.4 Å². The summed E-state index contributed by atoms with van der Waals surface area (Å²) < 4.78 is 4.89. The first-order chi connectivity index (χ1) is 11.4. The van der Waals surface area contributed by atoms with Crippen LogP contribution in [0.5, 0.6) is 0 Å². The van der Waals surface area contributed by atoms with Gasteiger partial charge in [0, 0.05) is 17.3 Å². The van der Waals surface area contributed by atoms with Gasteiger partial charge in [0.05, 0.1) is 17.1 Å². The van der Waals surface area contributed by atoms with Gasteiger partial charge in [-0.2, -0.15) is 0 Å². The average Bonchev–Trinajstić information content (AvgIpc) is 2.54. The molecule has 0 fully saturated rings. The number of ether oxygens (including phenoxy) is 1. The molecule has 8 heteroatoms. The lowest BCUT2D eigenvalue weighted by molar-refractivity contribution is -0.384. The maximum absolute atomic E-state index is 12.2. The topological polar surface area (TPSA) is 98.5 Å². The molecule has 2 rings (SSSR count). The molecule has 0 aromatic heterocycles. The van der Waals surface area contributed by atoms with Crippen LogP contribution in [0.2, 0.25) is 5.02 Å². The fourth-order valence-electron chi connectivity index (χ4n) is 1.94. The van der Waals surface area contributed by atoms with Crippen molar-refractivity contribution in [1.82, 2.24) is 0 Å². The van der Waals surface area contributed by atoms with E-state index >= 15 is 0 Å². The van der Waals surface area contributed by atoms with E-state index in [1.165, 1.54) is 18.2 Å². The number of carbonyl (C=O) groups is 2. The Morgan fingerprint density at radius 3 is 2.58 bits per heavy atom. The highest BCUT2D eigenvalue weighted by Crippen LogP contribution is 2.25. The molecule has 0 atom stereocenters. The highest BCUT2D eigenvalue weighted by molar-refractivity contribution is 6.33. The molecule has 2 aromatic rings. The largest absolute Gasteiger partial charge is 0.462 e. The van der Waals surface area contributed by atoms with Crippen molar-refractivity contribution in [2.24, 2.45) is 0 Å². The van der Waals surface area contributed by atoms with Crippen molar-refractivity contribution in [3.63, 3.8) is 0 Å². The van der Waals surface area contributed by atoms with E-state index in [-0.39, 0.29) is 22.9 Å². The van der Waals surface area contributed by atoms with Crippen molar-refractivity contribution in [2.75, 3.05) is 11.9 Å². The summed E-state index contributed by atoms with van der Waals surface area (Å²) in [6, 6.07) is 9.92. The monoisotopic (exact) mass is 348 g/mol. The molecule has 1 amide bonds. The number of nitrogens with one attached hydrogen (secondary N) is 1. The lowest BCUT2D eigenvalue weighted by Crippen LogP contribution is -2.13. The van der Waals surface area contributed by atoms with Crippen molar-refractivity contribution >= 4 is 34.9 Å². The fourth-order valence-corrected chi connectivity index (χ4v) is 2.19. The van der Waals surface area contributed by atoms with Crippen LogP contribution in [-0.2, 0) is 4.74 Å². The van der Waals surface area contributed by atoms with Crippen LogP contribution in [0.1, 0.15) is 27.6 Å². The molecule has 0 heterocycles. The lowest BCUT2D eigenvalue weighted by atomic mass is 10.1.